The quantitative estimate of drug-likeness (QED) is 0.427. The largest absolute Gasteiger partial charge is 0.376 e. The van der Waals surface area contributed by atoms with Crippen LogP contribution in [0.1, 0.15) is 62.9 Å². The molecule has 8 heteroatoms. The van der Waals surface area contributed by atoms with Crippen molar-refractivity contribution in [2.75, 3.05) is 26.4 Å². The van der Waals surface area contributed by atoms with Gasteiger partial charge in [-0.05, 0) is 39.5 Å². The van der Waals surface area contributed by atoms with Gasteiger partial charge in [-0.2, -0.15) is 0 Å². The molecule has 2 aliphatic heterocycles. The van der Waals surface area contributed by atoms with Crippen LogP contribution in [0.3, 0.4) is 0 Å². The summed E-state index contributed by atoms with van der Waals surface area (Å²) in [6.45, 7) is 5.45. The van der Waals surface area contributed by atoms with E-state index in [-0.39, 0.29) is 47.7 Å². The number of hydrogen-bond donors (Lipinski definition) is 0. The molecule has 0 amide bonds. The van der Waals surface area contributed by atoms with Gasteiger partial charge in [-0.3, -0.25) is 0 Å². The number of hydrogen-bond acceptors (Lipinski definition) is 4. The highest BCUT2D eigenvalue weighted by Gasteiger charge is 2.30. The normalized spacial score (nSPS) is 25.5. The van der Waals surface area contributed by atoms with Gasteiger partial charge in [-0.15, -0.1) is 0 Å². The minimum absolute atomic E-state index is 0.0631. The highest BCUT2D eigenvalue weighted by atomic mass is 19.2. The molecule has 2 aromatic rings. The molecule has 0 spiro atoms. The molecule has 2 saturated heterocycles. The predicted molar refractivity (Wildman–Crippen MR) is 118 cm³/mol. The van der Waals surface area contributed by atoms with Crippen molar-refractivity contribution in [1.82, 2.24) is 0 Å². The molecule has 34 heavy (non-hydrogen) atoms. The summed E-state index contributed by atoms with van der Waals surface area (Å²) >= 11 is 0. The Kier molecular flexibility index (Phi) is 8.24. The molecule has 186 valence electrons. The van der Waals surface area contributed by atoms with E-state index < -0.39 is 35.5 Å². The average molecular weight is 483 g/mol. The molecule has 0 saturated carbocycles. The standard InChI is InChI=1S/C26H30F4O4/c1-3-31-15-5-11-21(33-13-15)19-9-7-17(23(27)25(19)29)18-8-10-20(26(30)24(18)28)22-12-6-16(14-34-22)32-4-2/h7-10,15-16,21-22H,3-6,11-14H2,1-2H3. The van der Waals surface area contributed by atoms with Crippen LogP contribution in [0.5, 0.6) is 0 Å². The molecule has 0 N–H and O–H groups in total. The Hall–Kier alpha value is -2.00. The van der Waals surface area contributed by atoms with E-state index in [0.29, 0.717) is 38.9 Å². The lowest BCUT2D eigenvalue weighted by molar-refractivity contribution is -0.0850. The fourth-order valence-electron chi connectivity index (χ4n) is 4.72. The highest BCUT2D eigenvalue weighted by Crippen LogP contribution is 2.38. The van der Waals surface area contributed by atoms with Gasteiger partial charge in [-0.1, -0.05) is 24.3 Å². The van der Waals surface area contributed by atoms with E-state index in [1.54, 1.807) is 0 Å². The number of benzene rings is 2. The zero-order valence-corrected chi connectivity index (χ0v) is 19.4. The zero-order valence-electron chi connectivity index (χ0n) is 19.4. The molecule has 0 aliphatic carbocycles. The Morgan fingerprint density at radius 3 is 1.38 bits per heavy atom. The maximum Gasteiger partial charge on any atom is 0.167 e. The van der Waals surface area contributed by atoms with E-state index in [1.165, 1.54) is 24.3 Å². The molecule has 0 bridgehead atoms. The van der Waals surface area contributed by atoms with E-state index >= 15 is 0 Å². The minimum Gasteiger partial charge on any atom is -0.376 e. The van der Waals surface area contributed by atoms with Gasteiger partial charge < -0.3 is 18.9 Å². The number of ether oxygens (including phenoxy) is 4. The third-order valence-electron chi connectivity index (χ3n) is 6.48. The smallest absolute Gasteiger partial charge is 0.167 e. The van der Waals surface area contributed by atoms with E-state index in [4.69, 9.17) is 18.9 Å². The second-order valence-corrected chi connectivity index (χ2v) is 8.61. The van der Waals surface area contributed by atoms with Crippen molar-refractivity contribution in [1.29, 1.82) is 0 Å². The molecule has 2 aromatic carbocycles. The second-order valence-electron chi connectivity index (χ2n) is 8.61. The van der Waals surface area contributed by atoms with Crippen molar-refractivity contribution in [2.24, 2.45) is 0 Å². The average Bonchev–Trinajstić information content (AvgIpc) is 2.85. The van der Waals surface area contributed by atoms with Gasteiger partial charge in [0, 0.05) is 35.5 Å². The summed E-state index contributed by atoms with van der Waals surface area (Å²) in [4.78, 5) is 0. The Labute approximate surface area is 197 Å². The van der Waals surface area contributed by atoms with Crippen molar-refractivity contribution in [3.63, 3.8) is 0 Å². The Morgan fingerprint density at radius 2 is 1.06 bits per heavy atom. The van der Waals surface area contributed by atoms with E-state index in [0.717, 1.165) is 0 Å². The fourth-order valence-corrected chi connectivity index (χ4v) is 4.72. The summed E-state index contributed by atoms with van der Waals surface area (Å²) in [5.41, 5.74) is -0.553. The van der Waals surface area contributed by atoms with Gasteiger partial charge in [-0.25, -0.2) is 17.6 Å². The van der Waals surface area contributed by atoms with Gasteiger partial charge >= 0.3 is 0 Å². The van der Waals surface area contributed by atoms with Crippen molar-refractivity contribution in [3.8, 4) is 11.1 Å². The van der Waals surface area contributed by atoms with Gasteiger partial charge in [0.2, 0.25) is 0 Å². The molecule has 0 aromatic heterocycles. The van der Waals surface area contributed by atoms with Crippen LogP contribution in [0.2, 0.25) is 0 Å². The van der Waals surface area contributed by atoms with Crippen LogP contribution in [0.15, 0.2) is 24.3 Å². The van der Waals surface area contributed by atoms with Crippen molar-refractivity contribution < 1.29 is 36.5 Å². The van der Waals surface area contributed by atoms with Gasteiger partial charge in [0.1, 0.15) is 0 Å². The lowest BCUT2D eigenvalue weighted by Gasteiger charge is -2.30. The molecule has 4 atom stereocenters. The number of halogens is 4. The Bertz CT molecular complexity index is 904. The van der Waals surface area contributed by atoms with Crippen LogP contribution in [-0.2, 0) is 18.9 Å². The third kappa shape index (κ3) is 5.15. The van der Waals surface area contributed by atoms with Crippen molar-refractivity contribution in [3.05, 3.63) is 58.7 Å². The summed E-state index contributed by atoms with van der Waals surface area (Å²) in [5.74, 6) is -4.68. The van der Waals surface area contributed by atoms with Gasteiger partial charge in [0.05, 0.1) is 37.6 Å². The van der Waals surface area contributed by atoms with Crippen LogP contribution in [0.4, 0.5) is 17.6 Å². The summed E-state index contributed by atoms with van der Waals surface area (Å²) in [6.07, 6.45) is 0.910. The molecule has 2 aliphatic rings. The summed E-state index contributed by atoms with van der Waals surface area (Å²) in [6, 6.07) is 5.30. The molecule has 4 nitrogen and oxygen atoms in total. The summed E-state index contributed by atoms with van der Waals surface area (Å²) in [7, 11) is 0. The lowest BCUT2D eigenvalue weighted by Crippen LogP contribution is -2.28. The first kappa shape index (κ1) is 25.1. The van der Waals surface area contributed by atoms with Crippen LogP contribution in [-0.4, -0.2) is 38.6 Å². The zero-order chi connectivity index (χ0) is 24.2. The molecule has 0 radical (unpaired) electrons. The highest BCUT2D eigenvalue weighted by molar-refractivity contribution is 5.66. The summed E-state index contributed by atoms with van der Waals surface area (Å²) < 4.78 is 82.2. The van der Waals surface area contributed by atoms with Crippen LogP contribution >= 0.6 is 0 Å². The molecule has 4 unspecified atom stereocenters. The maximum atomic E-state index is 15.0. The van der Waals surface area contributed by atoms with Gasteiger partial charge in [0.25, 0.3) is 0 Å². The minimum atomic E-state index is -1.23. The first-order valence-corrected chi connectivity index (χ1v) is 11.9. The van der Waals surface area contributed by atoms with Crippen molar-refractivity contribution in [2.45, 2.75) is 63.9 Å². The van der Waals surface area contributed by atoms with Gasteiger partial charge in [0.15, 0.2) is 23.3 Å². The Balaban J connectivity index is 1.53. The van der Waals surface area contributed by atoms with Crippen LogP contribution in [0, 0.1) is 23.3 Å². The topological polar surface area (TPSA) is 36.9 Å². The molecular weight excluding hydrogens is 452 g/mol. The first-order valence-electron chi connectivity index (χ1n) is 11.9. The third-order valence-corrected chi connectivity index (χ3v) is 6.48. The predicted octanol–water partition coefficient (Wildman–Crippen LogP) is 6.42. The van der Waals surface area contributed by atoms with E-state index in [9.17, 15) is 17.6 Å². The van der Waals surface area contributed by atoms with Crippen LogP contribution in [0.25, 0.3) is 11.1 Å². The van der Waals surface area contributed by atoms with E-state index in [2.05, 4.69) is 0 Å². The molecule has 2 heterocycles. The SMILES string of the molecule is CCOC1CCC(c2ccc(-c3ccc(C4CCC(OCC)CO4)c(F)c3F)c(F)c2F)OC1. The Morgan fingerprint density at radius 1 is 0.647 bits per heavy atom. The second kappa shape index (κ2) is 11.2. The summed E-state index contributed by atoms with van der Waals surface area (Å²) in [5, 5.41) is 0. The maximum absolute atomic E-state index is 15.0. The first-order chi connectivity index (χ1) is 16.4. The number of rotatable bonds is 7. The fraction of sp³-hybridized carbons (Fsp3) is 0.538. The molecule has 2 fully saturated rings. The van der Waals surface area contributed by atoms with Crippen molar-refractivity contribution >= 4 is 0 Å². The molecular formula is C26H30F4O4. The van der Waals surface area contributed by atoms with Crippen LogP contribution < -0.4 is 0 Å². The van der Waals surface area contributed by atoms with E-state index in [1.807, 2.05) is 13.8 Å². The molecule has 4 rings (SSSR count). The monoisotopic (exact) mass is 482 g/mol. The lowest BCUT2D eigenvalue weighted by atomic mass is 9.94.